The lowest BCUT2D eigenvalue weighted by Crippen LogP contribution is -2.07. The maximum absolute atomic E-state index is 10.8. The SMILES string of the molecule is CN(C)/C=N/c1cccc2nc(C(=O)O)cn12. The molecule has 0 aliphatic heterocycles. The highest BCUT2D eigenvalue weighted by Crippen LogP contribution is 2.15. The number of fused-ring (bicyclic) bond motifs is 1. The number of carbonyl (C=O) groups is 1. The van der Waals surface area contributed by atoms with Crippen LogP contribution in [0.1, 0.15) is 10.5 Å². The molecule has 6 nitrogen and oxygen atoms in total. The normalized spacial score (nSPS) is 11.2. The van der Waals surface area contributed by atoms with Crippen LogP contribution in [0.2, 0.25) is 0 Å². The minimum atomic E-state index is -1.05. The van der Waals surface area contributed by atoms with Crippen molar-refractivity contribution < 1.29 is 9.90 Å². The van der Waals surface area contributed by atoms with E-state index in [1.807, 2.05) is 14.1 Å². The Morgan fingerprint density at radius 3 is 2.94 bits per heavy atom. The van der Waals surface area contributed by atoms with E-state index in [9.17, 15) is 4.79 Å². The van der Waals surface area contributed by atoms with E-state index in [2.05, 4.69) is 9.98 Å². The summed E-state index contributed by atoms with van der Waals surface area (Å²) in [6.45, 7) is 0. The highest BCUT2D eigenvalue weighted by atomic mass is 16.4. The van der Waals surface area contributed by atoms with Gasteiger partial charge in [0.2, 0.25) is 0 Å². The molecular formula is C11H12N4O2. The summed E-state index contributed by atoms with van der Waals surface area (Å²) < 4.78 is 1.64. The van der Waals surface area contributed by atoms with Gasteiger partial charge in [-0.15, -0.1) is 0 Å². The Morgan fingerprint density at radius 2 is 2.29 bits per heavy atom. The van der Waals surface area contributed by atoms with Crippen LogP contribution in [0.5, 0.6) is 0 Å². The van der Waals surface area contributed by atoms with Crippen LogP contribution in [0.25, 0.3) is 5.65 Å². The van der Waals surface area contributed by atoms with Gasteiger partial charge in [0, 0.05) is 20.3 Å². The molecule has 0 unspecified atom stereocenters. The van der Waals surface area contributed by atoms with Crippen molar-refractivity contribution in [3.05, 3.63) is 30.1 Å². The molecule has 0 saturated carbocycles. The van der Waals surface area contributed by atoms with E-state index < -0.39 is 5.97 Å². The van der Waals surface area contributed by atoms with E-state index in [1.54, 1.807) is 33.8 Å². The van der Waals surface area contributed by atoms with Gasteiger partial charge < -0.3 is 10.0 Å². The lowest BCUT2D eigenvalue weighted by Gasteiger charge is -2.03. The first-order valence-electron chi connectivity index (χ1n) is 5.00. The van der Waals surface area contributed by atoms with Crippen molar-refractivity contribution in [2.24, 2.45) is 4.99 Å². The van der Waals surface area contributed by atoms with Crippen molar-refractivity contribution in [1.82, 2.24) is 14.3 Å². The van der Waals surface area contributed by atoms with Gasteiger partial charge in [-0.1, -0.05) is 6.07 Å². The van der Waals surface area contributed by atoms with Crippen LogP contribution in [0.15, 0.2) is 29.4 Å². The summed E-state index contributed by atoms with van der Waals surface area (Å²) in [4.78, 5) is 20.8. The molecule has 17 heavy (non-hydrogen) atoms. The fraction of sp³-hybridized carbons (Fsp3) is 0.182. The van der Waals surface area contributed by atoms with Gasteiger partial charge in [0.15, 0.2) is 5.69 Å². The van der Waals surface area contributed by atoms with Crippen LogP contribution in [0.3, 0.4) is 0 Å². The number of rotatable bonds is 3. The van der Waals surface area contributed by atoms with E-state index >= 15 is 0 Å². The zero-order valence-electron chi connectivity index (χ0n) is 9.53. The summed E-state index contributed by atoms with van der Waals surface area (Å²) in [5, 5.41) is 8.87. The number of hydrogen-bond acceptors (Lipinski definition) is 3. The zero-order chi connectivity index (χ0) is 12.4. The van der Waals surface area contributed by atoms with Gasteiger partial charge in [-0.25, -0.2) is 14.8 Å². The molecule has 0 atom stereocenters. The largest absolute Gasteiger partial charge is 0.476 e. The van der Waals surface area contributed by atoms with Crippen molar-refractivity contribution in [2.75, 3.05) is 14.1 Å². The molecule has 88 valence electrons. The smallest absolute Gasteiger partial charge is 0.356 e. The number of carboxylic acid groups (broad SMARTS) is 1. The van der Waals surface area contributed by atoms with Crippen LogP contribution in [-0.4, -0.2) is 45.8 Å². The van der Waals surface area contributed by atoms with Crippen LogP contribution < -0.4 is 0 Å². The quantitative estimate of drug-likeness (QED) is 0.638. The highest BCUT2D eigenvalue weighted by Gasteiger charge is 2.09. The molecule has 2 rings (SSSR count). The number of imidazole rings is 1. The number of aromatic nitrogens is 2. The van der Waals surface area contributed by atoms with Crippen LogP contribution in [0, 0.1) is 0 Å². The van der Waals surface area contributed by atoms with Gasteiger partial charge in [0.05, 0.1) is 6.34 Å². The summed E-state index contributed by atoms with van der Waals surface area (Å²) in [5.74, 6) is -0.410. The minimum absolute atomic E-state index is 0.0116. The number of aliphatic imine (C=N–C) groups is 1. The molecule has 2 aromatic rings. The molecule has 0 aromatic carbocycles. The third kappa shape index (κ3) is 2.25. The number of pyridine rings is 1. The standard InChI is InChI=1S/C11H12N4O2/c1-14(2)7-12-9-4-3-5-10-13-8(11(16)17)6-15(9)10/h3-7H,1-2H3,(H,16,17)/b12-7+. The molecule has 2 aromatic heterocycles. The Balaban J connectivity index is 2.53. The third-order valence-corrected chi connectivity index (χ3v) is 2.11. The van der Waals surface area contributed by atoms with E-state index in [1.165, 1.54) is 6.20 Å². The Labute approximate surface area is 97.8 Å². The first-order valence-corrected chi connectivity index (χ1v) is 5.00. The Bertz CT molecular complexity index is 586. The molecule has 6 heteroatoms. The van der Waals surface area contributed by atoms with Crippen molar-refractivity contribution in [3.63, 3.8) is 0 Å². The fourth-order valence-electron chi connectivity index (χ4n) is 1.38. The third-order valence-electron chi connectivity index (χ3n) is 2.11. The summed E-state index contributed by atoms with van der Waals surface area (Å²) >= 11 is 0. The van der Waals surface area contributed by atoms with Gasteiger partial charge in [-0.3, -0.25) is 4.40 Å². The van der Waals surface area contributed by atoms with E-state index in [0.29, 0.717) is 11.5 Å². The van der Waals surface area contributed by atoms with Gasteiger partial charge in [-0.2, -0.15) is 0 Å². The molecule has 0 radical (unpaired) electrons. The molecule has 0 amide bonds. The van der Waals surface area contributed by atoms with E-state index in [-0.39, 0.29) is 5.69 Å². The Hall–Kier alpha value is -2.37. The molecule has 0 saturated heterocycles. The second-order valence-electron chi connectivity index (χ2n) is 3.75. The van der Waals surface area contributed by atoms with Gasteiger partial charge >= 0.3 is 5.97 Å². The van der Waals surface area contributed by atoms with Crippen LogP contribution in [-0.2, 0) is 0 Å². The molecule has 0 aliphatic rings. The number of hydrogen-bond donors (Lipinski definition) is 1. The average Bonchev–Trinajstić information content (AvgIpc) is 2.70. The summed E-state index contributed by atoms with van der Waals surface area (Å²) in [7, 11) is 3.72. The first-order chi connectivity index (χ1) is 8.08. The second-order valence-corrected chi connectivity index (χ2v) is 3.75. The summed E-state index contributed by atoms with van der Waals surface area (Å²) in [6, 6.07) is 5.32. The monoisotopic (exact) mass is 232 g/mol. The van der Waals surface area contributed by atoms with E-state index in [0.717, 1.165) is 0 Å². The van der Waals surface area contributed by atoms with Crippen molar-refractivity contribution >= 4 is 23.8 Å². The Kier molecular flexibility index (Phi) is 2.78. The van der Waals surface area contributed by atoms with Crippen molar-refractivity contribution in [2.45, 2.75) is 0 Å². The van der Waals surface area contributed by atoms with Crippen LogP contribution >= 0.6 is 0 Å². The molecule has 0 bridgehead atoms. The summed E-state index contributed by atoms with van der Waals surface area (Å²) in [5.41, 5.74) is 0.577. The molecule has 0 fully saturated rings. The predicted octanol–water partition coefficient (Wildman–Crippen LogP) is 1.25. The second kappa shape index (κ2) is 4.25. The van der Waals surface area contributed by atoms with Crippen molar-refractivity contribution in [1.29, 1.82) is 0 Å². The van der Waals surface area contributed by atoms with E-state index in [4.69, 9.17) is 5.11 Å². The number of aromatic carboxylic acids is 1. The maximum atomic E-state index is 10.8. The molecule has 0 spiro atoms. The van der Waals surface area contributed by atoms with Gasteiger partial charge in [-0.05, 0) is 12.1 Å². The fourth-order valence-corrected chi connectivity index (χ4v) is 1.38. The molecule has 0 aliphatic carbocycles. The number of carboxylic acids is 1. The first kappa shape index (κ1) is 11.1. The topological polar surface area (TPSA) is 70.2 Å². The maximum Gasteiger partial charge on any atom is 0.356 e. The minimum Gasteiger partial charge on any atom is -0.476 e. The lowest BCUT2D eigenvalue weighted by atomic mass is 10.4. The highest BCUT2D eigenvalue weighted by molar-refractivity contribution is 5.86. The predicted molar refractivity (Wildman–Crippen MR) is 64.0 cm³/mol. The lowest BCUT2D eigenvalue weighted by molar-refractivity contribution is 0.0691. The van der Waals surface area contributed by atoms with Gasteiger partial charge in [0.1, 0.15) is 11.5 Å². The van der Waals surface area contributed by atoms with Crippen molar-refractivity contribution in [3.8, 4) is 0 Å². The zero-order valence-corrected chi connectivity index (χ0v) is 9.53. The number of nitrogens with zero attached hydrogens (tertiary/aromatic N) is 4. The molecular weight excluding hydrogens is 220 g/mol. The molecule has 1 N–H and O–H groups in total. The summed E-state index contributed by atoms with van der Waals surface area (Å²) in [6.07, 6.45) is 3.11. The van der Waals surface area contributed by atoms with Gasteiger partial charge in [0.25, 0.3) is 0 Å². The van der Waals surface area contributed by atoms with Crippen LogP contribution in [0.4, 0.5) is 5.82 Å². The molecule has 2 heterocycles. The Morgan fingerprint density at radius 1 is 1.53 bits per heavy atom. The average molecular weight is 232 g/mol.